The van der Waals surface area contributed by atoms with Gasteiger partial charge in [0.25, 0.3) is 5.91 Å². The van der Waals surface area contributed by atoms with E-state index in [1.807, 2.05) is 23.1 Å². The first-order valence-electron chi connectivity index (χ1n) is 7.97. The molecule has 0 saturated carbocycles. The van der Waals surface area contributed by atoms with E-state index < -0.39 is 5.97 Å². The number of hydrogen-bond acceptors (Lipinski definition) is 3. The van der Waals surface area contributed by atoms with Gasteiger partial charge in [-0.05, 0) is 38.0 Å². The number of aromatic carboxylic acids is 1. The van der Waals surface area contributed by atoms with Gasteiger partial charge in [-0.2, -0.15) is 0 Å². The fourth-order valence-electron chi connectivity index (χ4n) is 3.55. The molecule has 24 heavy (non-hydrogen) atoms. The Balaban J connectivity index is 1.89. The second-order valence-corrected chi connectivity index (χ2v) is 6.60. The van der Waals surface area contributed by atoms with E-state index >= 15 is 0 Å². The van der Waals surface area contributed by atoms with Crippen LogP contribution in [0, 0.1) is 0 Å². The summed E-state index contributed by atoms with van der Waals surface area (Å²) in [5.41, 5.74) is 1.13. The minimum absolute atomic E-state index is 0.113. The quantitative estimate of drug-likeness (QED) is 0.941. The van der Waals surface area contributed by atoms with Gasteiger partial charge in [0.1, 0.15) is 5.69 Å². The molecule has 3 rings (SSSR count). The molecule has 1 N–H and O–H groups in total. The third-order valence-electron chi connectivity index (χ3n) is 4.86. The van der Waals surface area contributed by atoms with Crippen molar-refractivity contribution >= 4 is 11.9 Å². The molecule has 1 amide bonds. The Morgan fingerprint density at radius 1 is 1.21 bits per heavy atom. The zero-order valence-electron chi connectivity index (χ0n) is 13.8. The first kappa shape index (κ1) is 16.2. The minimum atomic E-state index is -1.13. The van der Waals surface area contributed by atoms with Crippen LogP contribution in [0.1, 0.15) is 52.6 Å². The van der Waals surface area contributed by atoms with Gasteiger partial charge < -0.3 is 10.0 Å². The van der Waals surface area contributed by atoms with Gasteiger partial charge in [-0.3, -0.25) is 4.79 Å². The lowest BCUT2D eigenvalue weighted by Gasteiger charge is -2.36. The van der Waals surface area contributed by atoms with Gasteiger partial charge >= 0.3 is 5.97 Å². The van der Waals surface area contributed by atoms with E-state index in [0.717, 1.165) is 6.42 Å². The molecule has 2 heterocycles. The predicted molar refractivity (Wildman–Crippen MR) is 90.1 cm³/mol. The highest BCUT2D eigenvalue weighted by atomic mass is 16.4. The smallest absolute Gasteiger partial charge is 0.354 e. The number of rotatable bonds is 3. The van der Waals surface area contributed by atoms with E-state index in [0.29, 0.717) is 12.1 Å². The summed E-state index contributed by atoms with van der Waals surface area (Å²) in [4.78, 5) is 29.6. The van der Waals surface area contributed by atoms with E-state index in [-0.39, 0.29) is 23.1 Å². The molecular weight excluding hydrogens is 304 g/mol. The monoisotopic (exact) mass is 324 g/mol. The van der Waals surface area contributed by atoms with Crippen molar-refractivity contribution in [1.29, 1.82) is 0 Å². The highest BCUT2D eigenvalue weighted by Gasteiger charge is 2.44. The van der Waals surface area contributed by atoms with Gasteiger partial charge in [0, 0.05) is 29.8 Å². The number of pyridine rings is 1. The SMILES string of the molecule is CC1(C)C(c2ccccc2)CCN1C(=O)c1ccnc(C(=O)O)c1. The Morgan fingerprint density at radius 2 is 1.92 bits per heavy atom. The fraction of sp³-hybridized carbons (Fsp3) is 0.316. The lowest BCUT2D eigenvalue weighted by atomic mass is 9.82. The molecule has 1 atom stereocenters. The third-order valence-corrected chi connectivity index (χ3v) is 4.86. The lowest BCUT2D eigenvalue weighted by molar-refractivity contribution is 0.0635. The molecule has 0 radical (unpaired) electrons. The van der Waals surface area contributed by atoms with Crippen LogP contribution in [-0.4, -0.2) is 39.0 Å². The van der Waals surface area contributed by atoms with Crippen molar-refractivity contribution in [1.82, 2.24) is 9.88 Å². The Morgan fingerprint density at radius 3 is 2.58 bits per heavy atom. The third kappa shape index (κ3) is 2.77. The first-order valence-corrected chi connectivity index (χ1v) is 7.97. The maximum Gasteiger partial charge on any atom is 0.354 e. The average molecular weight is 324 g/mol. The van der Waals surface area contributed by atoms with Gasteiger partial charge in [0.15, 0.2) is 0 Å². The van der Waals surface area contributed by atoms with Gasteiger partial charge in [0.05, 0.1) is 0 Å². The molecule has 1 aliphatic rings. The van der Waals surface area contributed by atoms with Gasteiger partial charge in [-0.15, -0.1) is 0 Å². The van der Waals surface area contributed by atoms with Crippen LogP contribution in [0.4, 0.5) is 0 Å². The van der Waals surface area contributed by atoms with Gasteiger partial charge in [-0.25, -0.2) is 9.78 Å². The number of likely N-dealkylation sites (tertiary alicyclic amines) is 1. The Labute approximate surface area is 140 Å². The van der Waals surface area contributed by atoms with E-state index in [1.54, 1.807) is 6.07 Å². The lowest BCUT2D eigenvalue weighted by Crippen LogP contribution is -2.45. The second kappa shape index (κ2) is 6.07. The van der Waals surface area contributed by atoms with Crippen molar-refractivity contribution in [3.63, 3.8) is 0 Å². The Bertz CT molecular complexity index is 771. The average Bonchev–Trinajstić information content (AvgIpc) is 2.90. The number of nitrogens with zero attached hydrogens (tertiary/aromatic N) is 2. The minimum Gasteiger partial charge on any atom is -0.477 e. The molecule has 0 aliphatic carbocycles. The van der Waals surface area contributed by atoms with Crippen LogP contribution in [0.5, 0.6) is 0 Å². The molecule has 1 fully saturated rings. The number of aromatic nitrogens is 1. The maximum absolute atomic E-state index is 12.9. The van der Waals surface area contributed by atoms with E-state index in [1.165, 1.54) is 17.8 Å². The topological polar surface area (TPSA) is 70.5 Å². The van der Waals surface area contributed by atoms with Gasteiger partial charge in [0.2, 0.25) is 0 Å². The second-order valence-electron chi connectivity index (χ2n) is 6.60. The molecular formula is C19H20N2O3. The molecule has 0 spiro atoms. The van der Waals surface area contributed by atoms with Crippen LogP contribution in [0.2, 0.25) is 0 Å². The summed E-state index contributed by atoms with van der Waals surface area (Å²) in [7, 11) is 0. The van der Waals surface area contributed by atoms with Crippen LogP contribution in [0.25, 0.3) is 0 Å². The maximum atomic E-state index is 12.9. The van der Waals surface area contributed by atoms with E-state index in [4.69, 9.17) is 5.11 Å². The zero-order chi connectivity index (χ0) is 17.3. The molecule has 1 aliphatic heterocycles. The molecule has 1 saturated heterocycles. The number of carbonyl (C=O) groups excluding carboxylic acids is 1. The molecule has 5 heteroatoms. The van der Waals surface area contributed by atoms with Crippen LogP contribution in [-0.2, 0) is 0 Å². The summed E-state index contributed by atoms with van der Waals surface area (Å²) in [6, 6.07) is 13.1. The summed E-state index contributed by atoms with van der Waals surface area (Å²) in [6.45, 7) is 4.78. The van der Waals surface area contributed by atoms with Gasteiger partial charge in [-0.1, -0.05) is 30.3 Å². The normalized spacial score (nSPS) is 19.2. The molecule has 1 aromatic carbocycles. The Kier molecular flexibility index (Phi) is 4.09. The number of carbonyl (C=O) groups is 2. The van der Waals surface area contributed by atoms with Crippen molar-refractivity contribution in [2.45, 2.75) is 31.7 Å². The zero-order valence-corrected chi connectivity index (χ0v) is 13.8. The standard InChI is InChI=1S/C19H20N2O3/c1-19(2)15(13-6-4-3-5-7-13)9-11-21(19)17(22)14-8-10-20-16(12-14)18(23)24/h3-8,10,12,15H,9,11H2,1-2H3,(H,23,24). The molecule has 124 valence electrons. The van der Waals surface area contributed by atoms with Crippen LogP contribution in [0.3, 0.4) is 0 Å². The van der Waals surface area contributed by atoms with E-state index in [2.05, 4.69) is 31.0 Å². The van der Waals surface area contributed by atoms with Crippen LogP contribution >= 0.6 is 0 Å². The van der Waals surface area contributed by atoms with Crippen molar-refractivity contribution < 1.29 is 14.7 Å². The molecule has 2 aromatic rings. The molecule has 0 bridgehead atoms. The summed E-state index contributed by atoms with van der Waals surface area (Å²) >= 11 is 0. The Hall–Kier alpha value is -2.69. The summed E-state index contributed by atoms with van der Waals surface area (Å²) in [5, 5.41) is 9.06. The largest absolute Gasteiger partial charge is 0.477 e. The fourth-order valence-corrected chi connectivity index (χ4v) is 3.55. The number of benzene rings is 1. The van der Waals surface area contributed by atoms with Crippen molar-refractivity contribution in [2.75, 3.05) is 6.54 Å². The number of hydrogen-bond donors (Lipinski definition) is 1. The van der Waals surface area contributed by atoms with Crippen LogP contribution < -0.4 is 0 Å². The summed E-state index contributed by atoms with van der Waals surface area (Å²) in [6.07, 6.45) is 2.26. The highest BCUT2D eigenvalue weighted by molar-refractivity contribution is 5.97. The molecule has 1 aromatic heterocycles. The summed E-state index contributed by atoms with van der Waals surface area (Å²) in [5.74, 6) is -1.03. The van der Waals surface area contributed by atoms with Crippen molar-refractivity contribution in [3.05, 3.63) is 65.5 Å². The van der Waals surface area contributed by atoms with Crippen LogP contribution in [0.15, 0.2) is 48.7 Å². The number of amides is 1. The van der Waals surface area contributed by atoms with Crippen molar-refractivity contribution in [3.8, 4) is 0 Å². The number of carboxylic acid groups (broad SMARTS) is 1. The molecule has 1 unspecified atom stereocenters. The molecule has 5 nitrogen and oxygen atoms in total. The highest BCUT2D eigenvalue weighted by Crippen LogP contribution is 2.42. The number of carboxylic acids is 1. The summed E-state index contributed by atoms with van der Waals surface area (Å²) < 4.78 is 0. The van der Waals surface area contributed by atoms with Crippen molar-refractivity contribution in [2.24, 2.45) is 0 Å². The predicted octanol–water partition coefficient (Wildman–Crippen LogP) is 3.19. The first-order chi connectivity index (χ1) is 11.4. The van der Waals surface area contributed by atoms with E-state index in [9.17, 15) is 9.59 Å².